The molecule has 0 bridgehead atoms. The third-order valence-electron chi connectivity index (χ3n) is 5.41. The number of carbonyl (C=O) groups excluding carboxylic acids is 1. The average molecular weight is 452 g/mol. The Morgan fingerprint density at radius 3 is 2.44 bits per heavy atom. The molecular weight excluding hydrogens is 426 g/mol. The average Bonchev–Trinajstić information content (AvgIpc) is 3.15. The Bertz CT molecular complexity index is 1170. The highest BCUT2D eigenvalue weighted by atomic mass is 32.1. The molecule has 3 aromatic rings. The highest BCUT2D eigenvalue weighted by molar-refractivity contribution is 7.15. The fourth-order valence-electron chi connectivity index (χ4n) is 3.99. The van der Waals surface area contributed by atoms with Crippen molar-refractivity contribution in [2.75, 3.05) is 18.5 Å². The maximum atomic E-state index is 12.7. The third kappa shape index (κ3) is 4.08. The minimum absolute atomic E-state index is 0.141. The first-order valence-electron chi connectivity index (χ1n) is 10.6. The highest BCUT2D eigenvalue weighted by Gasteiger charge is 2.34. The smallest absolute Gasteiger partial charge is 0.346 e. The number of amides is 1. The summed E-state index contributed by atoms with van der Waals surface area (Å²) in [7, 11) is 0. The molecule has 0 spiro atoms. The van der Waals surface area contributed by atoms with Crippen LogP contribution in [-0.4, -0.2) is 30.2 Å². The summed E-state index contributed by atoms with van der Waals surface area (Å²) in [5.74, 6) is -0.146. The van der Waals surface area contributed by atoms with Crippen LogP contribution in [0.1, 0.15) is 51.9 Å². The van der Waals surface area contributed by atoms with Gasteiger partial charge in [0, 0.05) is 22.8 Å². The zero-order chi connectivity index (χ0) is 22.8. The molecule has 0 unspecified atom stereocenters. The molecule has 2 N–H and O–H groups in total. The van der Waals surface area contributed by atoms with Gasteiger partial charge in [-0.3, -0.25) is 4.79 Å². The predicted octanol–water partition coefficient (Wildman–Crippen LogP) is 5.69. The maximum absolute atomic E-state index is 12.7. The summed E-state index contributed by atoms with van der Waals surface area (Å²) in [5.41, 5.74) is 3.89. The fourth-order valence-corrected chi connectivity index (χ4v) is 5.23. The minimum Gasteiger partial charge on any atom is -0.490 e. The number of nitrogens with one attached hydrogen (secondary N) is 1. The largest absolute Gasteiger partial charge is 0.490 e. The molecule has 32 heavy (non-hydrogen) atoms. The molecule has 1 aliphatic rings. The Balaban J connectivity index is 1.86. The van der Waals surface area contributed by atoms with Crippen LogP contribution < -0.4 is 14.8 Å². The number of aryl methyl sites for hydroxylation is 1. The van der Waals surface area contributed by atoms with Gasteiger partial charge in [0.25, 0.3) is 0 Å². The van der Waals surface area contributed by atoms with Crippen molar-refractivity contribution in [3.63, 3.8) is 0 Å². The second-order valence-electron chi connectivity index (χ2n) is 7.59. The van der Waals surface area contributed by atoms with Crippen LogP contribution in [0.4, 0.5) is 5.69 Å². The molecule has 0 saturated carbocycles. The number of hydrogen-bond acceptors (Lipinski definition) is 5. The van der Waals surface area contributed by atoms with Crippen LogP contribution in [-0.2, 0) is 4.79 Å². The molecule has 2 heterocycles. The van der Waals surface area contributed by atoms with E-state index < -0.39 is 5.97 Å². The van der Waals surface area contributed by atoms with Crippen molar-refractivity contribution >= 4 is 28.9 Å². The van der Waals surface area contributed by atoms with Crippen LogP contribution >= 0.6 is 11.3 Å². The lowest BCUT2D eigenvalue weighted by Crippen LogP contribution is -2.22. The van der Waals surface area contributed by atoms with Gasteiger partial charge >= 0.3 is 5.97 Å². The molecule has 0 radical (unpaired) electrons. The van der Waals surface area contributed by atoms with Gasteiger partial charge in [-0.05, 0) is 44.0 Å². The quantitative estimate of drug-likeness (QED) is 0.482. The van der Waals surface area contributed by atoms with Gasteiger partial charge in [0.2, 0.25) is 5.91 Å². The number of fused-ring (bicyclic) bond motifs is 1. The van der Waals surface area contributed by atoms with E-state index in [1.807, 2.05) is 63.2 Å². The van der Waals surface area contributed by atoms with Gasteiger partial charge in [0.05, 0.1) is 18.9 Å². The molecular formula is C25H25NO5S. The van der Waals surface area contributed by atoms with Crippen LogP contribution in [0.5, 0.6) is 11.5 Å². The van der Waals surface area contributed by atoms with Crippen LogP contribution in [0.3, 0.4) is 0 Å². The normalized spacial score (nSPS) is 15.1. The van der Waals surface area contributed by atoms with Crippen molar-refractivity contribution in [3.05, 3.63) is 63.3 Å². The lowest BCUT2D eigenvalue weighted by Gasteiger charge is -2.24. The van der Waals surface area contributed by atoms with Gasteiger partial charge in [0.1, 0.15) is 4.88 Å². The van der Waals surface area contributed by atoms with Crippen molar-refractivity contribution in [1.29, 1.82) is 0 Å². The van der Waals surface area contributed by atoms with Gasteiger partial charge in [-0.25, -0.2) is 4.79 Å². The Labute approximate surface area is 190 Å². The Hall–Kier alpha value is -3.32. The molecule has 4 rings (SSSR count). The summed E-state index contributed by atoms with van der Waals surface area (Å²) in [4.78, 5) is 25.9. The fraction of sp³-hybridized carbons (Fsp3) is 0.280. The first-order chi connectivity index (χ1) is 15.4. The van der Waals surface area contributed by atoms with Gasteiger partial charge in [-0.15, -0.1) is 11.3 Å². The minimum atomic E-state index is -1.00. The number of hydrogen-bond donors (Lipinski definition) is 2. The van der Waals surface area contributed by atoms with E-state index in [1.165, 1.54) is 11.3 Å². The summed E-state index contributed by atoms with van der Waals surface area (Å²) >= 11 is 1.22. The van der Waals surface area contributed by atoms with E-state index in [9.17, 15) is 14.7 Å². The number of carboxylic acids is 1. The zero-order valence-corrected chi connectivity index (χ0v) is 19.0. The second-order valence-corrected chi connectivity index (χ2v) is 8.65. The Morgan fingerprint density at radius 2 is 1.78 bits per heavy atom. The van der Waals surface area contributed by atoms with Crippen molar-refractivity contribution in [2.24, 2.45) is 0 Å². The van der Waals surface area contributed by atoms with E-state index in [0.29, 0.717) is 36.0 Å². The summed E-state index contributed by atoms with van der Waals surface area (Å²) in [5, 5.41) is 12.9. The molecule has 0 aliphatic carbocycles. The van der Waals surface area contributed by atoms with Gasteiger partial charge in [0.15, 0.2) is 11.5 Å². The van der Waals surface area contributed by atoms with E-state index in [0.717, 1.165) is 21.6 Å². The molecule has 2 aromatic carbocycles. The monoisotopic (exact) mass is 451 g/mol. The molecule has 0 saturated heterocycles. The molecule has 1 atom stereocenters. The van der Waals surface area contributed by atoms with E-state index >= 15 is 0 Å². The summed E-state index contributed by atoms with van der Waals surface area (Å²) < 4.78 is 11.4. The first kappa shape index (κ1) is 21.9. The number of rotatable bonds is 7. The summed E-state index contributed by atoms with van der Waals surface area (Å²) in [6.45, 7) is 6.79. The first-order valence-corrected chi connectivity index (χ1v) is 11.4. The van der Waals surface area contributed by atoms with Crippen molar-refractivity contribution in [1.82, 2.24) is 0 Å². The van der Waals surface area contributed by atoms with Crippen molar-refractivity contribution in [3.8, 4) is 22.6 Å². The topological polar surface area (TPSA) is 84.9 Å². The molecule has 0 fully saturated rings. The third-order valence-corrected chi connectivity index (χ3v) is 6.70. The summed E-state index contributed by atoms with van der Waals surface area (Å²) in [6, 6.07) is 13.3. The number of thiophene rings is 1. The van der Waals surface area contributed by atoms with Crippen LogP contribution in [0.15, 0.2) is 42.5 Å². The predicted molar refractivity (Wildman–Crippen MR) is 125 cm³/mol. The Kier molecular flexibility index (Phi) is 6.19. The number of carboxylic acid groups (broad SMARTS) is 1. The lowest BCUT2D eigenvalue weighted by molar-refractivity contribution is -0.116. The zero-order valence-electron chi connectivity index (χ0n) is 18.2. The van der Waals surface area contributed by atoms with E-state index in [2.05, 4.69) is 5.32 Å². The van der Waals surface area contributed by atoms with Crippen molar-refractivity contribution in [2.45, 2.75) is 33.1 Å². The van der Waals surface area contributed by atoms with Crippen LogP contribution in [0, 0.1) is 6.92 Å². The van der Waals surface area contributed by atoms with E-state index in [-0.39, 0.29) is 23.1 Å². The standard InChI is InChI=1S/C25H25NO5S/c1-4-30-18-11-10-16(12-19(18)31-5-2)17-13-20(27)26-22-21(15-8-6-14(3)7-9-15)24(25(28)29)32-23(17)22/h6-12,17H,4-5,13H2,1-3H3,(H,26,27)(H,28,29)/t17-/m1/s1. The summed E-state index contributed by atoms with van der Waals surface area (Å²) in [6.07, 6.45) is 0.236. The number of ether oxygens (including phenoxy) is 2. The molecule has 1 aliphatic heterocycles. The number of benzene rings is 2. The van der Waals surface area contributed by atoms with E-state index in [1.54, 1.807) is 0 Å². The van der Waals surface area contributed by atoms with E-state index in [4.69, 9.17) is 9.47 Å². The maximum Gasteiger partial charge on any atom is 0.346 e. The van der Waals surface area contributed by atoms with Crippen LogP contribution in [0.2, 0.25) is 0 Å². The molecule has 166 valence electrons. The second kappa shape index (κ2) is 9.04. The van der Waals surface area contributed by atoms with Gasteiger partial charge in [-0.1, -0.05) is 35.9 Å². The number of aromatic carboxylic acids is 1. The highest BCUT2D eigenvalue weighted by Crippen LogP contribution is 2.50. The molecule has 6 nitrogen and oxygen atoms in total. The van der Waals surface area contributed by atoms with Crippen molar-refractivity contribution < 1.29 is 24.2 Å². The molecule has 1 aromatic heterocycles. The van der Waals surface area contributed by atoms with Gasteiger partial charge < -0.3 is 19.9 Å². The molecule has 7 heteroatoms. The molecule has 1 amide bonds. The lowest BCUT2D eigenvalue weighted by atomic mass is 9.88. The van der Waals surface area contributed by atoms with Gasteiger partial charge in [-0.2, -0.15) is 0 Å². The number of anilines is 1. The van der Waals surface area contributed by atoms with Crippen LogP contribution in [0.25, 0.3) is 11.1 Å². The Morgan fingerprint density at radius 1 is 1.09 bits per heavy atom. The number of carbonyl (C=O) groups is 2. The SMILES string of the molecule is CCOc1ccc([C@H]2CC(=O)Nc3c2sc(C(=O)O)c3-c2ccc(C)cc2)cc1OCC.